The van der Waals surface area contributed by atoms with Gasteiger partial charge in [0.2, 0.25) is 0 Å². The molecule has 0 unspecified atom stereocenters. The summed E-state index contributed by atoms with van der Waals surface area (Å²) in [5, 5.41) is 20.7. The van der Waals surface area contributed by atoms with Gasteiger partial charge in [-0.3, -0.25) is 4.79 Å². The SMILES string of the molecule is CC.CC.CCCCOC(C)(C)CCC(=O)OC.CNc1cc(CO)cc(CO)c1. The van der Waals surface area contributed by atoms with E-state index in [2.05, 4.69) is 17.0 Å². The molecule has 0 aliphatic rings. The zero-order chi connectivity index (χ0) is 24.0. The first-order chi connectivity index (χ1) is 14.3. The van der Waals surface area contributed by atoms with Crippen molar-refractivity contribution in [1.29, 1.82) is 0 Å². The summed E-state index contributed by atoms with van der Waals surface area (Å²) in [6.45, 7) is 14.9. The number of aliphatic hydroxyl groups excluding tert-OH is 2. The average Bonchev–Trinajstić information content (AvgIpc) is 2.80. The van der Waals surface area contributed by atoms with Crippen LogP contribution in [0.5, 0.6) is 0 Å². The molecule has 30 heavy (non-hydrogen) atoms. The van der Waals surface area contributed by atoms with Gasteiger partial charge in [0.25, 0.3) is 0 Å². The maximum absolute atomic E-state index is 10.9. The van der Waals surface area contributed by atoms with Crippen molar-refractivity contribution in [3.8, 4) is 0 Å². The molecule has 3 N–H and O–H groups in total. The normalized spacial score (nSPS) is 9.70. The molecule has 1 aromatic carbocycles. The lowest BCUT2D eigenvalue weighted by molar-refractivity contribution is -0.142. The molecule has 0 atom stereocenters. The lowest BCUT2D eigenvalue weighted by Crippen LogP contribution is -2.26. The predicted molar refractivity (Wildman–Crippen MR) is 127 cm³/mol. The van der Waals surface area contributed by atoms with E-state index in [-0.39, 0.29) is 24.8 Å². The smallest absolute Gasteiger partial charge is 0.305 e. The summed E-state index contributed by atoms with van der Waals surface area (Å²) < 4.78 is 10.2. The molecular formula is C24H47NO5. The quantitative estimate of drug-likeness (QED) is 0.345. The number of anilines is 1. The minimum Gasteiger partial charge on any atom is -0.469 e. The molecule has 0 aliphatic carbocycles. The third-order valence-electron chi connectivity index (χ3n) is 3.86. The van der Waals surface area contributed by atoms with E-state index in [0.717, 1.165) is 36.3 Å². The van der Waals surface area contributed by atoms with Gasteiger partial charge in [-0.05, 0) is 49.9 Å². The fourth-order valence-electron chi connectivity index (χ4n) is 2.16. The van der Waals surface area contributed by atoms with Gasteiger partial charge in [-0.1, -0.05) is 47.1 Å². The van der Waals surface area contributed by atoms with Crippen molar-refractivity contribution in [3.05, 3.63) is 29.3 Å². The van der Waals surface area contributed by atoms with E-state index in [1.807, 2.05) is 53.7 Å². The van der Waals surface area contributed by atoms with E-state index < -0.39 is 0 Å². The topological polar surface area (TPSA) is 88.0 Å². The molecule has 6 heteroatoms. The molecule has 1 aromatic rings. The number of unbranched alkanes of at least 4 members (excludes halogenated alkanes) is 1. The number of nitrogens with one attached hydrogen (secondary N) is 1. The standard InChI is InChI=1S/C11H22O3.C9H13NO2.2C2H6/c1-5-6-9-14-11(2,3)8-7-10(12)13-4;1-10-9-3-7(5-11)2-8(4-9)6-12;2*1-2/h5-9H2,1-4H3;2-4,10-12H,5-6H2,1H3;2*1-2H3. The zero-order valence-corrected chi connectivity index (χ0v) is 20.8. The van der Waals surface area contributed by atoms with Gasteiger partial charge in [0.1, 0.15) is 0 Å². The van der Waals surface area contributed by atoms with Crippen LogP contribution in [0, 0.1) is 0 Å². The van der Waals surface area contributed by atoms with Crippen LogP contribution in [0.25, 0.3) is 0 Å². The van der Waals surface area contributed by atoms with Crippen LogP contribution in [0.4, 0.5) is 5.69 Å². The summed E-state index contributed by atoms with van der Waals surface area (Å²) in [5.74, 6) is -0.169. The number of carbonyl (C=O) groups is 1. The van der Waals surface area contributed by atoms with Crippen molar-refractivity contribution in [1.82, 2.24) is 0 Å². The Morgan fingerprint density at radius 3 is 1.90 bits per heavy atom. The highest BCUT2D eigenvalue weighted by molar-refractivity contribution is 5.69. The summed E-state index contributed by atoms with van der Waals surface area (Å²) >= 11 is 0. The first-order valence-electron chi connectivity index (χ1n) is 11.0. The van der Waals surface area contributed by atoms with Crippen molar-refractivity contribution < 1.29 is 24.5 Å². The van der Waals surface area contributed by atoms with Crippen LogP contribution in [-0.4, -0.2) is 42.5 Å². The largest absolute Gasteiger partial charge is 0.469 e. The van der Waals surface area contributed by atoms with Gasteiger partial charge in [0, 0.05) is 25.8 Å². The molecule has 178 valence electrons. The lowest BCUT2D eigenvalue weighted by atomic mass is 10.0. The number of rotatable bonds is 10. The second-order valence-corrected chi connectivity index (χ2v) is 6.64. The van der Waals surface area contributed by atoms with Crippen LogP contribution < -0.4 is 5.32 Å². The minimum absolute atomic E-state index is 0.00250. The predicted octanol–water partition coefficient (Wildman–Crippen LogP) is 5.30. The van der Waals surface area contributed by atoms with E-state index in [1.165, 1.54) is 7.11 Å². The fraction of sp³-hybridized carbons (Fsp3) is 0.708. The number of esters is 1. The molecule has 0 aliphatic heterocycles. The van der Waals surface area contributed by atoms with Gasteiger partial charge < -0.3 is 25.0 Å². The number of hydrogen-bond donors (Lipinski definition) is 3. The van der Waals surface area contributed by atoms with Crippen molar-refractivity contribution in [2.24, 2.45) is 0 Å². The second kappa shape index (κ2) is 22.1. The highest BCUT2D eigenvalue weighted by Crippen LogP contribution is 2.17. The summed E-state index contributed by atoms with van der Waals surface area (Å²) in [6, 6.07) is 5.47. The third-order valence-corrected chi connectivity index (χ3v) is 3.86. The number of benzene rings is 1. The van der Waals surface area contributed by atoms with Crippen molar-refractivity contribution in [3.63, 3.8) is 0 Å². The number of carbonyl (C=O) groups excluding carboxylic acids is 1. The number of ether oxygens (including phenoxy) is 2. The molecular weight excluding hydrogens is 382 g/mol. The molecule has 6 nitrogen and oxygen atoms in total. The van der Waals surface area contributed by atoms with Gasteiger partial charge in [-0.2, -0.15) is 0 Å². The Hall–Kier alpha value is -1.63. The Labute approximate surface area is 185 Å². The first-order valence-corrected chi connectivity index (χ1v) is 11.0. The van der Waals surface area contributed by atoms with Crippen LogP contribution in [0.15, 0.2) is 18.2 Å². The van der Waals surface area contributed by atoms with Crippen LogP contribution in [0.3, 0.4) is 0 Å². The molecule has 0 aromatic heterocycles. The van der Waals surface area contributed by atoms with E-state index in [9.17, 15) is 4.79 Å². The summed E-state index contributed by atoms with van der Waals surface area (Å²) in [7, 11) is 3.21. The van der Waals surface area contributed by atoms with Gasteiger partial charge in [0.15, 0.2) is 0 Å². The highest BCUT2D eigenvalue weighted by Gasteiger charge is 2.19. The zero-order valence-electron chi connectivity index (χ0n) is 20.8. The number of hydrogen-bond acceptors (Lipinski definition) is 6. The molecule has 0 fully saturated rings. The Morgan fingerprint density at radius 1 is 1.03 bits per heavy atom. The Morgan fingerprint density at radius 2 is 1.53 bits per heavy atom. The fourth-order valence-corrected chi connectivity index (χ4v) is 2.16. The average molecular weight is 430 g/mol. The Kier molecular flexibility index (Phi) is 24.3. The monoisotopic (exact) mass is 429 g/mol. The van der Waals surface area contributed by atoms with Crippen LogP contribution >= 0.6 is 0 Å². The van der Waals surface area contributed by atoms with Gasteiger partial charge in [-0.15, -0.1) is 0 Å². The van der Waals surface area contributed by atoms with E-state index in [1.54, 1.807) is 13.1 Å². The van der Waals surface area contributed by atoms with Gasteiger partial charge >= 0.3 is 5.97 Å². The molecule has 0 heterocycles. The third kappa shape index (κ3) is 18.4. The Balaban J connectivity index is -0.000000419. The minimum atomic E-state index is -0.219. The lowest BCUT2D eigenvalue weighted by Gasteiger charge is -2.24. The molecule has 0 amide bonds. The van der Waals surface area contributed by atoms with Crippen LogP contribution in [0.2, 0.25) is 0 Å². The van der Waals surface area contributed by atoms with Crippen LogP contribution in [0.1, 0.15) is 85.3 Å². The summed E-state index contributed by atoms with van der Waals surface area (Å²) in [6.07, 6.45) is 3.34. The maximum atomic E-state index is 10.9. The summed E-state index contributed by atoms with van der Waals surface area (Å²) in [5.41, 5.74) is 2.31. The van der Waals surface area contributed by atoms with E-state index >= 15 is 0 Å². The number of aliphatic hydroxyl groups is 2. The summed E-state index contributed by atoms with van der Waals surface area (Å²) in [4.78, 5) is 10.9. The van der Waals surface area contributed by atoms with Crippen molar-refractivity contribution in [2.75, 3.05) is 26.1 Å². The number of methoxy groups -OCH3 is 1. The molecule has 1 rings (SSSR count). The second-order valence-electron chi connectivity index (χ2n) is 6.64. The Bertz CT molecular complexity index is 463. The maximum Gasteiger partial charge on any atom is 0.305 e. The van der Waals surface area contributed by atoms with E-state index in [0.29, 0.717) is 12.8 Å². The molecule has 0 radical (unpaired) electrons. The highest BCUT2D eigenvalue weighted by atomic mass is 16.5. The molecule has 0 spiro atoms. The van der Waals surface area contributed by atoms with Crippen molar-refractivity contribution in [2.45, 2.75) is 93.0 Å². The molecule has 0 saturated carbocycles. The molecule has 0 saturated heterocycles. The van der Waals surface area contributed by atoms with Crippen molar-refractivity contribution >= 4 is 11.7 Å². The first kappa shape index (κ1) is 33.0. The van der Waals surface area contributed by atoms with Crippen LogP contribution in [-0.2, 0) is 27.5 Å². The van der Waals surface area contributed by atoms with E-state index in [4.69, 9.17) is 14.9 Å². The molecule has 0 bridgehead atoms. The van der Waals surface area contributed by atoms with Gasteiger partial charge in [0.05, 0.1) is 25.9 Å². The van der Waals surface area contributed by atoms with Gasteiger partial charge in [-0.25, -0.2) is 0 Å².